The van der Waals surface area contributed by atoms with Gasteiger partial charge in [-0.1, -0.05) is 11.3 Å². The van der Waals surface area contributed by atoms with Gasteiger partial charge < -0.3 is 5.73 Å². The van der Waals surface area contributed by atoms with Gasteiger partial charge in [0.05, 0.1) is 5.69 Å². The lowest BCUT2D eigenvalue weighted by atomic mass is 10.4. The molecule has 1 amide bonds. The summed E-state index contributed by atoms with van der Waals surface area (Å²) in [6.07, 6.45) is 0. The van der Waals surface area contributed by atoms with E-state index in [9.17, 15) is 4.79 Å². The van der Waals surface area contributed by atoms with Gasteiger partial charge in [0.25, 0.3) is 5.91 Å². The monoisotopic (exact) mass is 212 g/mol. The van der Waals surface area contributed by atoms with Gasteiger partial charge in [0, 0.05) is 5.71 Å². The van der Waals surface area contributed by atoms with Gasteiger partial charge >= 0.3 is 0 Å². The maximum absolute atomic E-state index is 11.5. The first-order valence-electron chi connectivity index (χ1n) is 4.05. The number of hydrogen-bond acceptors (Lipinski definition) is 5. The van der Waals surface area contributed by atoms with E-state index in [2.05, 4.69) is 15.5 Å². The normalized spacial score (nSPS) is 9.64. The number of nitrogens with one attached hydrogen (secondary N) is 1. The molecule has 0 aliphatic heterocycles. The van der Waals surface area contributed by atoms with Crippen molar-refractivity contribution in [1.29, 1.82) is 0 Å². The molecule has 1 aromatic rings. The molecule has 3 N–H and O–H groups in total. The molecule has 0 aliphatic rings. The maximum atomic E-state index is 11.5. The first-order valence-corrected chi connectivity index (χ1v) is 4.86. The standard InChI is InChI=1S/C8H12N4OS/c1-4(2)11-12-7(13)6-5(3)10-8(9)14-6/h1-3H3,(H2,9,10)(H,12,13). The smallest absolute Gasteiger partial charge is 0.283 e. The lowest BCUT2D eigenvalue weighted by Gasteiger charge is -1.96. The second kappa shape index (κ2) is 4.19. The fourth-order valence-corrected chi connectivity index (χ4v) is 1.56. The van der Waals surface area contributed by atoms with Crippen LogP contribution in [0.3, 0.4) is 0 Å². The number of nitrogens with zero attached hydrogens (tertiary/aromatic N) is 2. The van der Waals surface area contributed by atoms with Crippen LogP contribution in [0, 0.1) is 6.92 Å². The Hall–Kier alpha value is -1.43. The number of carbonyl (C=O) groups excluding carboxylic acids is 1. The quantitative estimate of drug-likeness (QED) is 0.570. The van der Waals surface area contributed by atoms with Crippen molar-refractivity contribution >= 4 is 28.1 Å². The van der Waals surface area contributed by atoms with Crippen LogP contribution in [0.15, 0.2) is 5.10 Å². The van der Waals surface area contributed by atoms with Crippen LogP contribution < -0.4 is 11.2 Å². The van der Waals surface area contributed by atoms with E-state index in [0.717, 1.165) is 17.0 Å². The number of aromatic nitrogens is 1. The van der Waals surface area contributed by atoms with E-state index >= 15 is 0 Å². The van der Waals surface area contributed by atoms with Crippen LogP contribution in [0.5, 0.6) is 0 Å². The summed E-state index contributed by atoms with van der Waals surface area (Å²) in [7, 11) is 0. The molecule has 0 saturated heterocycles. The summed E-state index contributed by atoms with van der Waals surface area (Å²) >= 11 is 1.16. The summed E-state index contributed by atoms with van der Waals surface area (Å²) in [6.45, 7) is 5.34. The van der Waals surface area contributed by atoms with Crippen molar-refractivity contribution in [3.05, 3.63) is 10.6 Å². The molecular weight excluding hydrogens is 200 g/mol. The van der Waals surface area contributed by atoms with Crippen LogP contribution in [0.2, 0.25) is 0 Å². The van der Waals surface area contributed by atoms with Gasteiger partial charge in [-0.3, -0.25) is 4.79 Å². The van der Waals surface area contributed by atoms with Gasteiger partial charge in [0.2, 0.25) is 0 Å². The van der Waals surface area contributed by atoms with E-state index in [1.54, 1.807) is 20.8 Å². The number of rotatable bonds is 2. The van der Waals surface area contributed by atoms with Gasteiger partial charge in [-0.15, -0.1) is 0 Å². The molecule has 0 atom stereocenters. The summed E-state index contributed by atoms with van der Waals surface area (Å²) in [6, 6.07) is 0. The van der Waals surface area contributed by atoms with Crippen LogP contribution in [0.4, 0.5) is 5.13 Å². The molecule has 0 saturated carbocycles. The molecule has 5 nitrogen and oxygen atoms in total. The molecule has 1 rings (SSSR count). The summed E-state index contributed by atoms with van der Waals surface area (Å²) in [5, 5.41) is 4.20. The second-order valence-corrected chi connectivity index (χ2v) is 4.00. The summed E-state index contributed by atoms with van der Waals surface area (Å²) < 4.78 is 0. The van der Waals surface area contributed by atoms with Crippen molar-refractivity contribution in [2.45, 2.75) is 20.8 Å². The molecule has 0 bridgehead atoms. The molecule has 0 fully saturated rings. The Labute approximate surface area is 86.0 Å². The van der Waals surface area contributed by atoms with Crippen molar-refractivity contribution < 1.29 is 4.79 Å². The number of carbonyl (C=O) groups is 1. The summed E-state index contributed by atoms with van der Waals surface area (Å²) in [5.74, 6) is -0.266. The zero-order valence-electron chi connectivity index (χ0n) is 8.29. The molecule has 1 aromatic heterocycles. The van der Waals surface area contributed by atoms with Crippen LogP contribution in [0.1, 0.15) is 29.2 Å². The predicted molar refractivity (Wildman–Crippen MR) is 57.5 cm³/mol. The number of anilines is 1. The maximum Gasteiger partial charge on any atom is 0.283 e. The third kappa shape index (κ3) is 2.53. The number of nitrogen functional groups attached to an aromatic ring is 1. The third-order valence-electron chi connectivity index (χ3n) is 1.40. The van der Waals surface area contributed by atoms with Crippen LogP contribution >= 0.6 is 11.3 Å². The Balaban J connectivity index is 2.80. The van der Waals surface area contributed by atoms with Gasteiger partial charge in [-0.05, 0) is 20.8 Å². The Morgan fingerprint density at radius 2 is 2.21 bits per heavy atom. The van der Waals surface area contributed by atoms with Crippen LogP contribution in [-0.2, 0) is 0 Å². The van der Waals surface area contributed by atoms with E-state index in [1.165, 1.54) is 0 Å². The van der Waals surface area contributed by atoms with Crippen LogP contribution in [0.25, 0.3) is 0 Å². The lowest BCUT2D eigenvalue weighted by Crippen LogP contribution is -2.18. The second-order valence-electron chi connectivity index (χ2n) is 2.97. The zero-order valence-corrected chi connectivity index (χ0v) is 9.10. The number of thiazole rings is 1. The van der Waals surface area contributed by atoms with Gasteiger partial charge in [0.15, 0.2) is 5.13 Å². The molecule has 0 aromatic carbocycles. The third-order valence-corrected chi connectivity index (χ3v) is 2.39. The molecule has 0 radical (unpaired) electrons. The largest absolute Gasteiger partial charge is 0.375 e. The highest BCUT2D eigenvalue weighted by Gasteiger charge is 2.13. The summed E-state index contributed by atoms with van der Waals surface area (Å²) in [4.78, 5) is 15.9. The number of nitrogens with two attached hydrogens (primary N) is 1. The van der Waals surface area contributed by atoms with Crippen LogP contribution in [-0.4, -0.2) is 16.6 Å². The first-order chi connectivity index (χ1) is 6.50. The number of hydrazone groups is 1. The Morgan fingerprint density at radius 3 is 2.64 bits per heavy atom. The van der Waals surface area contributed by atoms with Crippen molar-refractivity contribution in [2.75, 3.05) is 5.73 Å². The van der Waals surface area contributed by atoms with Gasteiger partial charge in [0.1, 0.15) is 4.88 Å². The lowest BCUT2D eigenvalue weighted by molar-refractivity contribution is 0.0958. The Kier molecular flexibility index (Phi) is 3.19. The molecule has 0 unspecified atom stereocenters. The molecule has 0 spiro atoms. The number of amides is 1. The van der Waals surface area contributed by atoms with Crippen molar-refractivity contribution in [3.63, 3.8) is 0 Å². The molecule has 14 heavy (non-hydrogen) atoms. The minimum Gasteiger partial charge on any atom is -0.375 e. The highest BCUT2D eigenvalue weighted by molar-refractivity contribution is 7.17. The highest BCUT2D eigenvalue weighted by Crippen LogP contribution is 2.19. The minimum atomic E-state index is -0.266. The predicted octanol–water partition coefficient (Wildman–Crippen LogP) is 1.16. The van der Waals surface area contributed by atoms with E-state index in [-0.39, 0.29) is 5.91 Å². The molecule has 0 aliphatic carbocycles. The fourth-order valence-electron chi connectivity index (χ4n) is 0.841. The Bertz CT molecular complexity index is 379. The van der Waals surface area contributed by atoms with Gasteiger partial charge in [-0.2, -0.15) is 5.10 Å². The van der Waals surface area contributed by atoms with E-state index in [4.69, 9.17) is 5.73 Å². The highest BCUT2D eigenvalue weighted by atomic mass is 32.1. The molecular formula is C8H12N4OS. The summed E-state index contributed by atoms with van der Waals surface area (Å²) in [5.41, 5.74) is 9.30. The minimum absolute atomic E-state index is 0.266. The average Bonchev–Trinajstić information content (AvgIpc) is 2.41. The van der Waals surface area contributed by atoms with Crippen molar-refractivity contribution in [1.82, 2.24) is 10.4 Å². The molecule has 1 heterocycles. The van der Waals surface area contributed by atoms with E-state index in [1.807, 2.05) is 0 Å². The average molecular weight is 212 g/mol. The van der Waals surface area contributed by atoms with E-state index in [0.29, 0.717) is 15.7 Å². The van der Waals surface area contributed by atoms with Crippen molar-refractivity contribution in [3.8, 4) is 0 Å². The zero-order chi connectivity index (χ0) is 10.7. The fraction of sp³-hybridized carbons (Fsp3) is 0.375. The Morgan fingerprint density at radius 1 is 1.57 bits per heavy atom. The number of hydrogen-bond donors (Lipinski definition) is 2. The SMILES string of the molecule is CC(C)=NNC(=O)c1sc(N)nc1C. The van der Waals surface area contributed by atoms with E-state index < -0.39 is 0 Å². The van der Waals surface area contributed by atoms with Gasteiger partial charge in [-0.25, -0.2) is 10.4 Å². The first kappa shape index (κ1) is 10.6. The number of aryl methyl sites for hydroxylation is 1. The van der Waals surface area contributed by atoms with Crippen molar-refractivity contribution in [2.24, 2.45) is 5.10 Å². The molecule has 76 valence electrons. The molecule has 6 heteroatoms. The topological polar surface area (TPSA) is 80.4 Å².